The number of carbonyl (C=O) groups excluding carboxylic acids is 2. The Labute approximate surface area is 280 Å². The van der Waals surface area contributed by atoms with Crippen LogP contribution < -0.4 is 0 Å². The summed E-state index contributed by atoms with van der Waals surface area (Å²) >= 11 is 0. The van der Waals surface area contributed by atoms with Crippen molar-refractivity contribution in [3.63, 3.8) is 0 Å². The van der Waals surface area contributed by atoms with Crippen LogP contribution in [0.1, 0.15) is 214 Å². The van der Waals surface area contributed by atoms with Crippen LogP contribution in [0.4, 0.5) is 0 Å². The third-order valence-electron chi connectivity index (χ3n) is 9.70. The SMILES string of the molecule is CCCCCCCCCCCCCCCC(=O)C(C(=O)CCCCCCCCCCCCCCC)C(C)(OS(=O)(=O)O)C(C)C. The lowest BCUT2D eigenvalue weighted by Gasteiger charge is -2.37. The Morgan fingerprint density at radius 1 is 0.533 bits per heavy atom. The summed E-state index contributed by atoms with van der Waals surface area (Å²) in [6, 6.07) is 0. The maximum Gasteiger partial charge on any atom is 0.397 e. The fraction of sp³-hybridized carbons (Fsp3) is 0.947. The van der Waals surface area contributed by atoms with Gasteiger partial charge >= 0.3 is 10.4 Å². The first-order valence-electron chi connectivity index (χ1n) is 19.2. The molecule has 45 heavy (non-hydrogen) atoms. The van der Waals surface area contributed by atoms with Crippen LogP contribution in [0.25, 0.3) is 0 Å². The van der Waals surface area contributed by atoms with Gasteiger partial charge in [0.1, 0.15) is 23.1 Å². The molecule has 0 aromatic heterocycles. The van der Waals surface area contributed by atoms with E-state index < -0.39 is 27.8 Å². The molecule has 1 N–H and O–H groups in total. The Bertz CT molecular complexity index is 782. The number of hydrogen-bond donors (Lipinski definition) is 1. The number of unbranched alkanes of at least 4 members (excludes halogenated alkanes) is 24. The van der Waals surface area contributed by atoms with E-state index >= 15 is 0 Å². The predicted molar refractivity (Wildman–Crippen MR) is 190 cm³/mol. The molecule has 0 aliphatic rings. The van der Waals surface area contributed by atoms with E-state index in [4.69, 9.17) is 4.18 Å². The fourth-order valence-electron chi connectivity index (χ4n) is 6.45. The van der Waals surface area contributed by atoms with Crippen LogP contribution in [-0.4, -0.2) is 30.1 Å². The third kappa shape index (κ3) is 24.1. The molecular weight excluding hydrogens is 584 g/mol. The van der Waals surface area contributed by atoms with Gasteiger partial charge in [0.15, 0.2) is 0 Å². The van der Waals surface area contributed by atoms with Gasteiger partial charge in [0.05, 0.1) is 0 Å². The topological polar surface area (TPSA) is 97.7 Å². The zero-order valence-corrected chi connectivity index (χ0v) is 31.2. The lowest BCUT2D eigenvalue weighted by Crippen LogP contribution is -2.51. The van der Waals surface area contributed by atoms with Gasteiger partial charge in [-0.15, -0.1) is 0 Å². The van der Waals surface area contributed by atoms with Crippen LogP contribution in [0.3, 0.4) is 0 Å². The first-order valence-corrected chi connectivity index (χ1v) is 20.6. The minimum atomic E-state index is -4.84. The second-order valence-corrected chi connectivity index (χ2v) is 15.2. The van der Waals surface area contributed by atoms with Crippen LogP contribution in [0, 0.1) is 11.8 Å². The van der Waals surface area contributed by atoms with Gasteiger partial charge in [-0.2, -0.15) is 8.42 Å². The molecule has 0 aromatic carbocycles. The van der Waals surface area contributed by atoms with Gasteiger partial charge in [0.2, 0.25) is 0 Å². The molecule has 0 aliphatic heterocycles. The average Bonchev–Trinajstić information content (AvgIpc) is 2.97. The molecule has 0 saturated heterocycles. The summed E-state index contributed by atoms with van der Waals surface area (Å²) in [5, 5.41) is 0. The Kier molecular flexibility index (Phi) is 27.7. The summed E-state index contributed by atoms with van der Waals surface area (Å²) in [6.45, 7) is 9.44. The largest absolute Gasteiger partial charge is 0.397 e. The van der Waals surface area contributed by atoms with Crippen molar-refractivity contribution in [1.82, 2.24) is 0 Å². The molecule has 0 fully saturated rings. The second-order valence-electron chi connectivity index (χ2n) is 14.2. The van der Waals surface area contributed by atoms with Crippen molar-refractivity contribution in [2.75, 3.05) is 0 Å². The van der Waals surface area contributed by atoms with Gasteiger partial charge < -0.3 is 0 Å². The van der Waals surface area contributed by atoms with Crippen LogP contribution in [-0.2, 0) is 24.2 Å². The molecule has 0 amide bonds. The number of ketones is 2. The fourth-order valence-corrected chi connectivity index (χ4v) is 7.19. The van der Waals surface area contributed by atoms with E-state index in [2.05, 4.69) is 13.8 Å². The third-order valence-corrected chi connectivity index (χ3v) is 10.3. The van der Waals surface area contributed by atoms with Gasteiger partial charge in [-0.05, 0) is 25.7 Å². The zero-order valence-electron chi connectivity index (χ0n) is 30.4. The number of Topliss-reactive ketones (excluding diaryl/α,β-unsaturated/α-hetero) is 2. The van der Waals surface area contributed by atoms with Gasteiger partial charge in [-0.3, -0.25) is 14.1 Å². The minimum Gasteiger partial charge on any atom is -0.299 e. The van der Waals surface area contributed by atoms with Crippen molar-refractivity contribution >= 4 is 22.0 Å². The number of hydrogen-bond acceptors (Lipinski definition) is 5. The molecule has 0 heterocycles. The maximum atomic E-state index is 13.5. The lowest BCUT2D eigenvalue weighted by atomic mass is 9.73. The molecular formula is C38H74O6S. The van der Waals surface area contributed by atoms with E-state index in [0.29, 0.717) is 12.8 Å². The van der Waals surface area contributed by atoms with Gasteiger partial charge in [-0.25, -0.2) is 4.18 Å². The van der Waals surface area contributed by atoms with Crippen molar-refractivity contribution in [3.05, 3.63) is 0 Å². The highest BCUT2D eigenvalue weighted by molar-refractivity contribution is 7.80. The molecule has 6 nitrogen and oxygen atoms in total. The summed E-state index contributed by atoms with van der Waals surface area (Å²) in [5.74, 6) is -2.19. The van der Waals surface area contributed by atoms with Crippen molar-refractivity contribution in [2.45, 2.75) is 220 Å². The van der Waals surface area contributed by atoms with Crippen LogP contribution >= 0.6 is 0 Å². The van der Waals surface area contributed by atoms with E-state index in [0.717, 1.165) is 38.5 Å². The minimum absolute atomic E-state index is 0.226. The van der Waals surface area contributed by atoms with Crippen molar-refractivity contribution < 1.29 is 26.7 Å². The zero-order chi connectivity index (χ0) is 33.8. The summed E-state index contributed by atoms with van der Waals surface area (Å²) in [5.41, 5.74) is -1.62. The van der Waals surface area contributed by atoms with Crippen LogP contribution in [0.15, 0.2) is 0 Å². The normalized spacial score (nSPS) is 13.5. The van der Waals surface area contributed by atoms with E-state index in [1.807, 2.05) is 0 Å². The van der Waals surface area contributed by atoms with Gasteiger partial charge in [0, 0.05) is 12.8 Å². The van der Waals surface area contributed by atoms with Crippen molar-refractivity contribution in [2.24, 2.45) is 11.8 Å². The van der Waals surface area contributed by atoms with Crippen molar-refractivity contribution in [1.29, 1.82) is 0 Å². The van der Waals surface area contributed by atoms with Gasteiger partial charge in [0.25, 0.3) is 0 Å². The first kappa shape index (κ1) is 44.2. The van der Waals surface area contributed by atoms with Crippen LogP contribution in [0.5, 0.6) is 0 Å². The quantitative estimate of drug-likeness (QED) is 0.0420. The first-order chi connectivity index (χ1) is 21.5. The molecule has 1 atom stereocenters. The highest BCUT2D eigenvalue weighted by Gasteiger charge is 2.48. The molecule has 0 rings (SSSR count). The summed E-state index contributed by atoms with van der Waals surface area (Å²) < 4.78 is 38.2. The molecule has 0 saturated carbocycles. The Balaban J connectivity index is 4.60. The highest BCUT2D eigenvalue weighted by atomic mass is 32.3. The van der Waals surface area contributed by atoms with Gasteiger partial charge in [-0.1, -0.05) is 182 Å². The smallest absolute Gasteiger partial charge is 0.299 e. The van der Waals surface area contributed by atoms with Crippen LogP contribution in [0.2, 0.25) is 0 Å². The molecule has 0 spiro atoms. The molecule has 0 radical (unpaired) electrons. The molecule has 0 bridgehead atoms. The number of rotatable bonds is 34. The Hall–Kier alpha value is -0.790. The molecule has 268 valence electrons. The summed E-state index contributed by atoms with van der Waals surface area (Å²) in [4.78, 5) is 27.0. The summed E-state index contributed by atoms with van der Waals surface area (Å²) in [7, 11) is -4.84. The average molecular weight is 659 g/mol. The monoisotopic (exact) mass is 659 g/mol. The molecule has 1 unspecified atom stereocenters. The Morgan fingerprint density at radius 2 is 0.778 bits per heavy atom. The van der Waals surface area contributed by atoms with E-state index in [9.17, 15) is 22.6 Å². The maximum absolute atomic E-state index is 13.5. The summed E-state index contributed by atoms with van der Waals surface area (Å²) in [6.07, 6.45) is 31.7. The molecule has 0 aliphatic carbocycles. The van der Waals surface area contributed by atoms with Crippen molar-refractivity contribution in [3.8, 4) is 0 Å². The number of carbonyl (C=O) groups is 2. The molecule has 7 heteroatoms. The van der Waals surface area contributed by atoms with E-state index in [1.165, 1.54) is 122 Å². The van der Waals surface area contributed by atoms with E-state index in [1.54, 1.807) is 13.8 Å². The standard InChI is InChI=1S/C38H74O6S/c1-6-8-10-12-14-16-18-20-22-24-26-28-30-32-35(39)37(38(5,34(3)4)44-45(41,42)43)36(40)33-31-29-27-25-23-21-19-17-15-13-11-9-7-2/h34,37H,6-33H2,1-5H3,(H,41,42,43). The predicted octanol–water partition coefficient (Wildman–Crippen LogP) is 11.9. The lowest BCUT2D eigenvalue weighted by molar-refractivity contribution is -0.144. The highest BCUT2D eigenvalue weighted by Crippen LogP contribution is 2.35. The Morgan fingerprint density at radius 3 is 1.00 bits per heavy atom. The second kappa shape index (κ2) is 28.2. The molecule has 0 aromatic rings. The van der Waals surface area contributed by atoms with E-state index in [-0.39, 0.29) is 24.4 Å².